The highest BCUT2D eigenvalue weighted by Crippen LogP contribution is 2.33. The van der Waals surface area contributed by atoms with Crippen molar-refractivity contribution < 1.29 is 27.8 Å². The van der Waals surface area contributed by atoms with E-state index in [1.165, 1.54) is 0 Å². The number of ether oxygens (including phenoxy) is 2. The number of hydrogen-bond acceptors (Lipinski definition) is 5. The van der Waals surface area contributed by atoms with E-state index in [2.05, 4.69) is 4.74 Å². The molecule has 1 unspecified atom stereocenters. The van der Waals surface area contributed by atoms with Crippen molar-refractivity contribution in [2.24, 2.45) is 5.73 Å². The number of carbonyl (C=O) groups is 2. The molecule has 1 aromatic carbocycles. The largest absolute Gasteiger partial charge is 0.460 e. The van der Waals surface area contributed by atoms with Crippen LogP contribution >= 0.6 is 0 Å². The molecule has 0 fully saturated rings. The highest BCUT2D eigenvalue weighted by Gasteiger charge is 2.39. The number of ketones is 1. The van der Waals surface area contributed by atoms with Gasteiger partial charge in [-0.3, -0.25) is 9.59 Å². The van der Waals surface area contributed by atoms with E-state index >= 15 is 0 Å². The molecule has 0 amide bonds. The van der Waals surface area contributed by atoms with E-state index < -0.39 is 41.1 Å². The predicted octanol–water partition coefficient (Wildman–Crippen LogP) is 1.30. The number of hydrogen-bond donors (Lipinski definition) is 1. The minimum Gasteiger partial charge on any atom is -0.460 e. The van der Waals surface area contributed by atoms with E-state index in [-0.39, 0.29) is 5.56 Å². The summed E-state index contributed by atoms with van der Waals surface area (Å²) in [5.41, 5.74) is 5.20. The summed E-state index contributed by atoms with van der Waals surface area (Å²) in [6.07, 6.45) is -1.38. The number of esters is 1. The summed E-state index contributed by atoms with van der Waals surface area (Å²) in [5, 5.41) is 0. The number of Topliss-reactive ketones (excluding diaryl/α,β-unsaturated/α-hetero) is 1. The Morgan fingerprint density at radius 1 is 1.42 bits per heavy atom. The van der Waals surface area contributed by atoms with Crippen molar-refractivity contribution in [3.8, 4) is 0 Å². The van der Waals surface area contributed by atoms with Gasteiger partial charge in [0, 0.05) is 18.6 Å². The minimum atomic E-state index is -1.38. The molecular weight excluding hydrogens is 260 g/mol. The number of carbonyl (C=O) groups excluding carboxylic acids is 2. The van der Waals surface area contributed by atoms with Crippen molar-refractivity contribution in [1.82, 2.24) is 0 Å². The molecule has 2 N–H and O–H groups in total. The molecule has 0 aromatic heterocycles. The Labute approximate surface area is 106 Å². The Bertz CT molecular complexity index is 597. The number of rotatable bonds is 2. The lowest BCUT2D eigenvalue weighted by Gasteiger charge is -2.10. The molecule has 1 heterocycles. The lowest BCUT2D eigenvalue weighted by Crippen LogP contribution is -2.14. The molecule has 100 valence electrons. The van der Waals surface area contributed by atoms with Crippen molar-refractivity contribution in [2.45, 2.75) is 13.0 Å². The number of benzene rings is 1. The molecule has 1 aliphatic heterocycles. The third kappa shape index (κ3) is 2.40. The second-order valence-electron chi connectivity index (χ2n) is 3.81. The summed E-state index contributed by atoms with van der Waals surface area (Å²) in [5.74, 6) is -4.16. The van der Waals surface area contributed by atoms with E-state index in [1.54, 1.807) is 0 Å². The Morgan fingerprint density at radius 2 is 2.11 bits per heavy atom. The van der Waals surface area contributed by atoms with E-state index in [0.717, 1.165) is 19.1 Å². The highest BCUT2D eigenvalue weighted by molar-refractivity contribution is 6.01. The van der Waals surface area contributed by atoms with E-state index in [1.807, 2.05) is 0 Å². The van der Waals surface area contributed by atoms with Gasteiger partial charge in [0.05, 0.1) is 0 Å². The molecule has 0 spiro atoms. The van der Waals surface area contributed by atoms with Crippen LogP contribution in [-0.4, -0.2) is 11.8 Å². The predicted molar refractivity (Wildman–Crippen MR) is 58.2 cm³/mol. The van der Waals surface area contributed by atoms with E-state index in [4.69, 9.17) is 10.5 Å². The summed E-state index contributed by atoms with van der Waals surface area (Å²) < 4.78 is 35.9. The molecule has 0 saturated heterocycles. The van der Waals surface area contributed by atoms with E-state index in [0.29, 0.717) is 6.07 Å². The lowest BCUT2D eigenvalue weighted by molar-refractivity contribution is -0.140. The van der Waals surface area contributed by atoms with Crippen LogP contribution in [0.15, 0.2) is 29.8 Å². The standard InChI is InChI=1S/C12H9F2NO4/c1-5(16)18-11-9(17)10(19-12(11)15)7-3-2-6(13)4-8(7)14/h2-4,10H,15H2,1H3. The Morgan fingerprint density at radius 3 is 2.68 bits per heavy atom. The van der Waals surface area contributed by atoms with Gasteiger partial charge in [-0.15, -0.1) is 0 Å². The van der Waals surface area contributed by atoms with Gasteiger partial charge in [-0.05, 0) is 12.1 Å². The van der Waals surface area contributed by atoms with Crippen molar-refractivity contribution in [3.05, 3.63) is 47.0 Å². The van der Waals surface area contributed by atoms with Crippen molar-refractivity contribution in [1.29, 1.82) is 0 Å². The fraction of sp³-hybridized carbons (Fsp3) is 0.167. The van der Waals surface area contributed by atoms with Crippen LogP contribution in [0.5, 0.6) is 0 Å². The zero-order valence-electron chi connectivity index (χ0n) is 9.78. The van der Waals surface area contributed by atoms with Gasteiger partial charge in [-0.1, -0.05) is 0 Å². The summed E-state index contributed by atoms with van der Waals surface area (Å²) in [4.78, 5) is 22.7. The van der Waals surface area contributed by atoms with Crippen LogP contribution in [0.4, 0.5) is 8.78 Å². The maximum absolute atomic E-state index is 13.6. The summed E-state index contributed by atoms with van der Waals surface area (Å²) in [6, 6.07) is 2.66. The smallest absolute Gasteiger partial charge is 0.308 e. The average molecular weight is 269 g/mol. The molecule has 0 aliphatic carbocycles. The van der Waals surface area contributed by atoms with Gasteiger partial charge in [0.15, 0.2) is 6.10 Å². The second-order valence-corrected chi connectivity index (χ2v) is 3.81. The highest BCUT2D eigenvalue weighted by atomic mass is 19.1. The number of nitrogens with two attached hydrogens (primary N) is 1. The maximum atomic E-state index is 13.6. The van der Waals surface area contributed by atoms with Gasteiger partial charge in [0.25, 0.3) is 0 Å². The normalized spacial score (nSPS) is 18.5. The van der Waals surface area contributed by atoms with Gasteiger partial charge >= 0.3 is 5.97 Å². The molecule has 7 heteroatoms. The van der Waals surface area contributed by atoms with Crippen LogP contribution in [0.1, 0.15) is 18.6 Å². The van der Waals surface area contributed by atoms with Crippen LogP contribution in [0.2, 0.25) is 0 Å². The summed E-state index contributed by atoms with van der Waals surface area (Å²) >= 11 is 0. The molecule has 19 heavy (non-hydrogen) atoms. The van der Waals surface area contributed by atoms with Gasteiger partial charge in [-0.2, -0.15) is 0 Å². The molecule has 0 bridgehead atoms. The molecule has 0 radical (unpaired) electrons. The molecule has 1 aromatic rings. The third-order valence-corrected chi connectivity index (χ3v) is 2.42. The van der Waals surface area contributed by atoms with Crippen LogP contribution in [0.3, 0.4) is 0 Å². The lowest BCUT2D eigenvalue weighted by atomic mass is 10.1. The zero-order valence-corrected chi connectivity index (χ0v) is 9.78. The Kier molecular flexibility index (Phi) is 3.20. The van der Waals surface area contributed by atoms with Crippen LogP contribution < -0.4 is 5.73 Å². The first-order valence-electron chi connectivity index (χ1n) is 5.24. The maximum Gasteiger partial charge on any atom is 0.308 e. The van der Waals surface area contributed by atoms with Gasteiger partial charge in [0.2, 0.25) is 17.4 Å². The summed E-state index contributed by atoms with van der Waals surface area (Å²) in [7, 11) is 0. The third-order valence-electron chi connectivity index (χ3n) is 2.42. The van der Waals surface area contributed by atoms with Crippen molar-refractivity contribution in [3.63, 3.8) is 0 Å². The quantitative estimate of drug-likeness (QED) is 0.818. The van der Waals surface area contributed by atoms with Crippen LogP contribution in [-0.2, 0) is 19.1 Å². The summed E-state index contributed by atoms with van der Waals surface area (Å²) in [6.45, 7) is 1.08. The fourth-order valence-corrected chi connectivity index (χ4v) is 1.64. The topological polar surface area (TPSA) is 78.6 Å². The van der Waals surface area contributed by atoms with Crippen molar-refractivity contribution in [2.75, 3.05) is 0 Å². The Balaban J connectivity index is 2.31. The fourth-order valence-electron chi connectivity index (χ4n) is 1.64. The van der Waals surface area contributed by atoms with Gasteiger partial charge in [0.1, 0.15) is 11.6 Å². The molecular formula is C12H9F2NO4. The van der Waals surface area contributed by atoms with Crippen LogP contribution in [0.25, 0.3) is 0 Å². The first-order chi connectivity index (χ1) is 8.90. The average Bonchev–Trinajstić information content (AvgIpc) is 2.57. The Hall–Kier alpha value is -2.44. The molecule has 1 atom stereocenters. The minimum absolute atomic E-state index is 0.184. The van der Waals surface area contributed by atoms with Gasteiger partial charge < -0.3 is 15.2 Å². The monoisotopic (exact) mass is 269 g/mol. The second kappa shape index (κ2) is 4.68. The SMILES string of the molecule is CC(=O)OC1=C(N)OC(c2ccc(F)cc2F)C1=O. The first kappa shape index (κ1) is 13.0. The zero-order chi connectivity index (χ0) is 14.2. The van der Waals surface area contributed by atoms with E-state index in [9.17, 15) is 18.4 Å². The van der Waals surface area contributed by atoms with Crippen molar-refractivity contribution >= 4 is 11.8 Å². The molecule has 5 nitrogen and oxygen atoms in total. The van der Waals surface area contributed by atoms with Gasteiger partial charge in [-0.25, -0.2) is 8.78 Å². The van der Waals surface area contributed by atoms with Crippen LogP contribution in [0, 0.1) is 11.6 Å². The number of halogens is 2. The molecule has 0 saturated carbocycles. The molecule has 1 aliphatic rings. The molecule has 2 rings (SSSR count). The first-order valence-corrected chi connectivity index (χ1v) is 5.24.